The molecule has 1 aromatic heterocycles. The fourth-order valence-corrected chi connectivity index (χ4v) is 2.50. The van der Waals surface area contributed by atoms with Gasteiger partial charge in [0.1, 0.15) is 0 Å². The fourth-order valence-electron chi connectivity index (χ4n) is 2.09. The molecule has 4 nitrogen and oxygen atoms in total. The molecule has 0 saturated heterocycles. The van der Waals surface area contributed by atoms with Gasteiger partial charge in [-0.3, -0.25) is 4.79 Å². The summed E-state index contributed by atoms with van der Waals surface area (Å²) in [5, 5.41) is 9.19. The Labute approximate surface area is 135 Å². The van der Waals surface area contributed by atoms with Crippen molar-refractivity contribution >= 4 is 38.3 Å². The average Bonchev–Trinajstić information content (AvgIpc) is 2.80. The summed E-state index contributed by atoms with van der Waals surface area (Å²) in [6.45, 7) is 3.91. The maximum Gasteiger partial charge on any atom is 0.235 e. The molecule has 1 heterocycles. The molecule has 0 radical (unpaired) electrons. The van der Waals surface area contributed by atoms with Gasteiger partial charge in [0.05, 0.1) is 22.1 Å². The van der Waals surface area contributed by atoms with Crippen molar-refractivity contribution in [2.75, 3.05) is 0 Å². The maximum absolute atomic E-state index is 12.2. The molecule has 3 aromatic rings. The van der Waals surface area contributed by atoms with Crippen molar-refractivity contribution in [1.29, 1.82) is 0 Å². The number of fused-ring (bicyclic) bond motifs is 1. The van der Waals surface area contributed by atoms with Gasteiger partial charge >= 0.3 is 0 Å². The highest BCUT2D eigenvalue weighted by Gasteiger charge is 2.09. The van der Waals surface area contributed by atoms with E-state index in [4.69, 9.17) is 4.42 Å². The Morgan fingerprint density at radius 1 is 1.00 bits per heavy atom. The minimum Gasteiger partial charge on any atom is -0.460 e. The largest absolute Gasteiger partial charge is 0.460 e. The molecule has 0 N–H and O–H groups in total. The highest BCUT2D eigenvalue weighted by atomic mass is 79.9. The summed E-state index contributed by atoms with van der Waals surface area (Å²) < 4.78 is 5.73. The summed E-state index contributed by atoms with van der Waals surface area (Å²) in [7, 11) is 0. The van der Waals surface area contributed by atoms with Crippen molar-refractivity contribution in [1.82, 2.24) is 0 Å². The minimum absolute atomic E-state index is 0.195. The number of aryl methyl sites for hydroxylation is 2. The smallest absolute Gasteiger partial charge is 0.235 e. The summed E-state index contributed by atoms with van der Waals surface area (Å²) in [6, 6.07) is 11.2. The zero-order valence-corrected chi connectivity index (χ0v) is 13.7. The van der Waals surface area contributed by atoms with E-state index >= 15 is 0 Å². The van der Waals surface area contributed by atoms with Crippen molar-refractivity contribution < 1.29 is 4.42 Å². The van der Waals surface area contributed by atoms with Crippen molar-refractivity contribution in [3.05, 3.63) is 68.5 Å². The fraction of sp³-hybridized carbons (Fsp3) is 0.118. The van der Waals surface area contributed by atoms with Crippen LogP contribution in [0.15, 0.2) is 66.6 Å². The van der Waals surface area contributed by atoms with Crippen LogP contribution in [0, 0.1) is 13.8 Å². The van der Waals surface area contributed by atoms with Crippen LogP contribution in [0.4, 0.5) is 11.4 Å². The number of hydrogen-bond donors (Lipinski definition) is 0. The monoisotopic (exact) mass is 356 g/mol. The summed E-state index contributed by atoms with van der Waals surface area (Å²) >= 11 is 3.27. The third-order valence-corrected chi connectivity index (χ3v) is 3.92. The van der Waals surface area contributed by atoms with Crippen molar-refractivity contribution in [2.45, 2.75) is 13.8 Å². The second-order valence-corrected chi connectivity index (χ2v) is 5.94. The van der Waals surface area contributed by atoms with Crippen LogP contribution in [-0.2, 0) is 0 Å². The van der Waals surface area contributed by atoms with Gasteiger partial charge in [-0.1, -0.05) is 17.7 Å². The lowest BCUT2D eigenvalue weighted by Gasteiger charge is -1.93. The van der Waals surface area contributed by atoms with Crippen LogP contribution in [0.2, 0.25) is 0 Å². The number of benzene rings is 1. The third kappa shape index (κ3) is 2.85. The molecular formula is C17H13BrN2O2. The second-order valence-electron chi connectivity index (χ2n) is 5.09. The van der Waals surface area contributed by atoms with Gasteiger partial charge in [0, 0.05) is 5.39 Å². The Morgan fingerprint density at radius 2 is 1.68 bits per heavy atom. The maximum atomic E-state index is 12.2. The van der Waals surface area contributed by atoms with Crippen molar-refractivity contribution in [2.24, 2.45) is 10.2 Å². The number of nitrogens with zero attached hydrogens (tertiary/aromatic N) is 2. The average molecular weight is 357 g/mol. The van der Waals surface area contributed by atoms with Crippen LogP contribution in [0.3, 0.4) is 0 Å². The Kier molecular flexibility index (Phi) is 3.90. The molecule has 0 saturated carbocycles. The molecule has 5 heteroatoms. The molecule has 0 fully saturated rings. The quantitative estimate of drug-likeness (QED) is 0.562. The normalized spacial score (nSPS) is 11.4. The minimum atomic E-state index is -0.195. The number of rotatable bonds is 2. The van der Waals surface area contributed by atoms with E-state index in [9.17, 15) is 4.79 Å². The number of azo groups is 1. The predicted octanol–water partition coefficient (Wildman–Crippen LogP) is 5.59. The molecular weight excluding hydrogens is 344 g/mol. The van der Waals surface area contributed by atoms with Crippen molar-refractivity contribution in [3.8, 4) is 0 Å². The standard InChI is InChI=1S/C17H13BrN2O2/c1-10-3-5-12(6-4-10)19-20-13-7-14-11(2)9-22-17(14)16(21)15(18)8-13/h3-9H,1-2H3. The molecule has 110 valence electrons. The van der Waals surface area contributed by atoms with E-state index in [1.54, 1.807) is 18.4 Å². The summed E-state index contributed by atoms with van der Waals surface area (Å²) in [5.41, 5.74) is 3.53. The molecule has 3 rings (SSSR count). The highest BCUT2D eigenvalue weighted by Crippen LogP contribution is 2.26. The highest BCUT2D eigenvalue weighted by molar-refractivity contribution is 9.10. The summed E-state index contributed by atoms with van der Waals surface area (Å²) in [6.07, 6.45) is 1.57. The van der Waals surface area contributed by atoms with Gasteiger partial charge in [-0.25, -0.2) is 0 Å². The predicted molar refractivity (Wildman–Crippen MR) is 90.3 cm³/mol. The summed E-state index contributed by atoms with van der Waals surface area (Å²) in [4.78, 5) is 12.2. The van der Waals surface area contributed by atoms with Crippen LogP contribution in [-0.4, -0.2) is 0 Å². The first-order valence-electron chi connectivity index (χ1n) is 6.74. The molecule has 0 amide bonds. The van der Waals surface area contributed by atoms with Gasteiger partial charge in [-0.15, -0.1) is 0 Å². The van der Waals surface area contributed by atoms with Gasteiger partial charge in [0.15, 0.2) is 5.58 Å². The lowest BCUT2D eigenvalue weighted by molar-refractivity contribution is 0.610. The summed E-state index contributed by atoms with van der Waals surface area (Å²) in [5.74, 6) is 0. The van der Waals surface area contributed by atoms with Crippen LogP contribution in [0.25, 0.3) is 11.0 Å². The molecule has 0 spiro atoms. The topological polar surface area (TPSA) is 54.9 Å². The van der Waals surface area contributed by atoms with E-state index in [0.29, 0.717) is 15.7 Å². The van der Waals surface area contributed by atoms with E-state index in [2.05, 4.69) is 26.2 Å². The molecule has 0 aliphatic carbocycles. The molecule has 22 heavy (non-hydrogen) atoms. The molecule has 0 bridgehead atoms. The Bertz CT molecular complexity index is 928. The van der Waals surface area contributed by atoms with Crippen LogP contribution < -0.4 is 5.43 Å². The van der Waals surface area contributed by atoms with E-state index in [-0.39, 0.29) is 5.43 Å². The number of furan rings is 1. The molecule has 0 atom stereocenters. The van der Waals surface area contributed by atoms with Gasteiger partial charge < -0.3 is 4.42 Å². The van der Waals surface area contributed by atoms with Gasteiger partial charge in [0.25, 0.3) is 0 Å². The first kappa shape index (κ1) is 14.7. The first-order valence-corrected chi connectivity index (χ1v) is 7.54. The lowest BCUT2D eigenvalue weighted by Crippen LogP contribution is -1.96. The first-order chi connectivity index (χ1) is 10.5. The zero-order chi connectivity index (χ0) is 15.7. The lowest BCUT2D eigenvalue weighted by atomic mass is 10.2. The SMILES string of the molecule is Cc1ccc(N=Nc2cc(Br)c(=O)c3occ(C)c3c2)cc1. The van der Waals surface area contributed by atoms with Gasteiger partial charge in [-0.2, -0.15) is 10.2 Å². The third-order valence-electron chi connectivity index (χ3n) is 3.33. The van der Waals surface area contributed by atoms with Crippen LogP contribution in [0.5, 0.6) is 0 Å². The Morgan fingerprint density at radius 3 is 2.41 bits per heavy atom. The van der Waals surface area contributed by atoms with E-state index in [1.807, 2.05) is 38.1 Å². The van der Waals surface area contributed by atoms with Gasteiger partial charge in [-0.05, 0) is 59.6 Å². The Balaban J connectivity index is 2.11. The second kappa shape index (κ2) is 5.85. The molecule has 0 unspecified atom stereocenters. The van der Waals surface area contributed by atoms with Crippen LogP contribution in [0.1, 0.15) is 11.1 Å². The molecule has 0 aliphatic rings. The van der Waals surface area contributed by atoms with E-state index in [0.717, 1.165) is 16.6 Å². The zero-order valence-electron chi connectivity index (χ0n) is 12.1. The molecule has 2 aromatic carbocycles. The Hall–Kier alpha value is -2.27. The van der Waals surface area contributed by atoms with E-state index in [1.165, 1.54) is 5.56 Å². The number of hydrogen-bond acceptors (Lipinski definition) is 4. The van der Waals surface area contributed by atoms with Gasteiger partial charge in [0.2, 0.25) is 5.43 Å². The van der Waals surface area contributed by atoms with Crippen molar-refractivity contribution in [3.63, 3.8) is 0 Å². The number of halogens is 1. The molecule has 0 aliphatic heterocycles. The van der Waals surface area contributed by atoms with E-state index < -0.39 is 0 Å². The van der Waals surface area contributed by atoms with Crippen LogP contribution >= 0.6 is 15.9 Å².